The van der Waals surface area contributed by atoms with Crippen LogP contribution in [0.5, 0.6) is 0 Å². The monoisotopic (exact) mass is 475 g/mol. The minimum absolute atomic E-state index is 0.161. The maximum atomic E-state index is 13.4. The molecule has 0 N–H and O–H groups in total. The fourth-order valence-corrected chi connectivity index (χ4v) is 4.59. The molecule has 2 rings (SSSR count). The summed E-state index contributed by atoms with van der Waals surface area (Å²) < 4.78 is 63.3. The van der Waals surface area contributed by atoms with Gasteiger partial charge < -0.3 is 0 Å². The second-order valence-corrected chi connectivity index (χ2v) is 10.3. The van der Waals surface area contributed by atoms with Gasteiger partial charge in [-0.15, -0.1) is 0 Å². The van der Waals surface area contributed by atoms with E-state index in [0.717, 1.165) is 11.5 Å². The van der Waals surface area contributed by atoms with Crippen molar-refractivity contribution in [2.75, 3.05) is 0 Å². The smallest absolute Gasteiger partial charge is 0.298 e. The Labute approximate surface area is 183 Å². The predicted octanol–water partition coefficient (Wildman–Crippen LogP) is 5.16. The quantitative estimate of drug-likeness (QED) is 0.562. The van der Waals surface area contributed by atoms with Crippen molar-refractivity contribution in [3.05, 3.63) is 62.7 Å². The molecular formula is C21H21ClF3NO4S. The lowest BCUT2D eigenvalue weighted by Crippen LogP contribution is -2.44. The van der Waals surface area contributed by atoms with Gasteiger partial charge in [-0.3, -0.25) is 9.59 Å². The highest BCUT2D eigenvalue weighted by Crippen LogP contribution is 2.51. The first-order valence-corrected chi connectivity index (χ1v) is 11.0. The third-order valence-electron chi connectivity index (χ3n) is 5.21. The summed E-state index contributed by atoms with van der Waals surface area (Å²) in [6, 6.07) is 1.61. The highest BCUT2D eigenvalue weighted by atomic mass is 35.5. The number of alkyl halides is 3. The summed E-state index contributed by atoms with van der Waals surface area (Å²) in [6.07, 6.45) is -4.70. The van der Waals surface area contributed by atoms with Gasteiger partial charge in [0, 0.05) is 32.7 Å². The van der Waals surface area contributed by atoms with Gasteiger partial charge in [0.15, 0.2) is 21.4 Å². The molecule has 0 bridgehead atoms. The number of pyridine rings is 1. The van der Waals surface area contributed by atoms with Crippen molar-refractivity contribution in [2.45, 2.75) is 40.8 Å². The lowest BCUT2D eigenvalue weighted by atomic mass is 9.62. The molecule has 1 aromatic rings. The Morgan fingerprint density at radius 1 is 1.16 bits per heavy atom. The molecule has 5 nitrogen and oxygen atoms in total. The molecule has 0 aliphatic heterocycles. The first-order valence-electron chi connectivity index (χ1n) is 9.02. The van der Waals surface area contributed by atoms with Crippen LogP contribution in [0, 0.1) is 17.8 Å². The molecule has 0 saturated heterocycles. The average Bonchev–Trinajstić information content (AvgIpc) is 2.64. The molecule has 0 spiro atoms. The van der Waals surface area contributed by atoms with Crippen molar-refractivity contribution < 1.29 is 31.2 Å². The number of allylic oxidation sites excluding steroid dienone is 3. The van der Waals surface area contributed by atoms with E-state index in [-0.39, 0.29) is 27.4 Å². The molecule has 0 atom stereocenters. The Hall–Kier alpha value is -2.26. The fourth-order valence-electron chi connectivity index (χ4n) is 3.48. The van der Waals surface area contributed by atoms with Gasteiger partial charge in [0.2, 0.25) is 0 Å². The van der Waals surface area contributed by atoms with Crippen molar-refractivity contribution in [3.8, 4) is 0 Å². The molecule has 168 valence electrons. The van der Waals surface area contributed by atoms with Crippen LogP contribution < -0.4 is 0 Å². The summed E-state index contributed by atoms with van der Waals surface area (Å²) in [5.74, 6) is -1.25. The summed E-state index contributed by atoms with van der Waals surface area (Å²) >= 11 is 6.44. The molecule has 10 heteroatoms. The molecule has 31 heavy (non-hydrogen) atoms. The number of hydrogen-bond acceptors (Lipinski definition) is 5. The van der Waals surface area contributed by atoms with E-state index in [1.54, 1.807) is 0 Å². The largest absolute Gasteiger partial charge is 0.433 e. The number of hydrogen-bond donors (Lipinski definition) is 0. The van der Waals surface area contributed by atoms with E-state index in [4.69, 9.17) is 11.6 Å². The van der Waals surface area contributed by atoms with Gasteiger partial charge in [0.25, 0.3) is 0 Å². The van der Waals surface area contributed by atoms with Crippen LogP contribution in [0.2, 0.25) is 0 Å². The van der Waals surface area contributed by atoms with E-state index < -0.39 is 44.1 Å². The van der Waals surface area contributed by atoms with Gasteiger partial charge in [-0.05, 0) is 52.3 Å². The second-order valence-electron chi connectivity index (χ2n) is 8.21. The van der Waals surface area contributed by atoms with Crippen LogP contribution in [0.1, 0.15) is 49.4 Å². The molecule has 0 saturated carbocycles. The summed E-state index contributed by atoms with van der Waals surface area (Å²) in [5.41, 5.74) is -4.77. The van der Waals surface area contributed by atoms with E-state index in [2.05, 4.69) is 11.6 Å². The number of carbonyl (C=O) groups is 2. The molecule has 0 fully saturated rings. The number of Topliss-reactive ketones (excluding diaryl/α,β-unsaturated/α-hetero) is 2. The standard InChI is InChI=1S/C21H21ClF3NO4S/c1-7-31(29,30)10-13-15(17(22)20(5,6)18(28)19(13,3)4)16(27)12-8-9-14(21(23,24)25)26-11(12)2/h7-10H,1H2,2-6H3/b13-10-. The minimum atomic E-state index is -4.70. The van der Waals surface area contributed by atoms with Crippen LogP contribution in [-0.2, 0) is 20.8 Å². The van der Waals surface area contributed by atoms with E-state index >= 15 is 0 Å². The van der Waals surface area contributed by atoms with Crippen LogP contribution in [0.15, 0.2) is 45.7 Å². The predicted molar refractivity (Wildman–Crippen MR) is 111 cm³/mol. The fraction of sp³-hybridized carbons (Fsp3) is 0.381. The molecule has 1 aromatic heterocycles. The molecule has 0 unspecified atom stereocenters. The molecular weight excluding hydrogens is 455 g/mol. The molecule has 1 aliphatic carbocycles. The highest BCUT2D eigenvalue weighted by molar-refractivity contribution is 7.97. The van der Waals surface area contributed by atoms with Gasteiger partial charge in [0.1, 0.15) is 5.69 Å². The topological polar surface area (TPSA) is 81.2 Å². The number of halogens is 4. The number of ketones is 2. The summed E-state index contributed by atoms with van der Waals surface area (Å²) in [7, 11) is -4.02. The third-order valence-corrected chi connectivity index (χ3v) is 6.90. The molecule has 1 aliphatic rings. The number of rotatable bonds is 4. The zero-order valence-electron chi connectivity index (χ0n) is 17.5. The zero-order chi connectivity index (χ0) is 24.2. The molecule has 0 aromatic carbocycles. The van der Waals surface area contributed by atoms with Crippen molar-refractivity contribution >= 4 is 33.0 Å². The Morgan fingerprint density at radius 2 is 1.71 bits per heavy atom. The Balaban J connectivity index is 2.87. The third kappa shape index (κ3) is 4.39. The van der Waals surface area contributed by atoms with Crippen LogP contribution in [0.25, 0.3) is 0 Å². The Morgan fingerprint density at radius 3 is 2.16 bits per heavy atom. The zero-order valence-corrected chi connectivity index (χ0v) is 19.1. The van der Waals surface area contributed by atoms with Crippen LogP contribution in [0.4, 0.5) is 13.2 Å². The van der Waals surface area contributed by atoms with E-state index in [9.17, 15) is 31.2 Å². The Kier molecular flexibility index (Phi) is 6.21. The first kappa shape index (κ1) is 25.0. The number of aryl methyl sites for hydroxylation is 1. The number of aromatic nitrogens is 1. The minimum Gasteiger partial charge on any atom is -0.298 e. The summed E-state index contributed by atoms with van der Waals surface area (Å²) in [5, 5.41) is 1.20. The lowest BCUT2D eigenvalue weighted by Gasteiger charge is -2.41. The van der Waals surface area contributed by atoms with Gasteiger partial charge in [-0.1, -0.05) is 18.2 Å². The van der Waals surface area contributed by atoms with Crippen molar-refractivity contribution in [3.63, 3.8) is 0 Å². The van der Waals surface area contributed by atoms with E-state index in [0.29, 0.717) is 11.5 Å². The number of nitrogens with zero attached hydrogens (tertiary/aromatic N) is 1. The van der Waals surface area contributed by atoms with Gasteiger partial charge >= 0.3 is 6.18 Å². The van der Waals surface area contributed by atoms with Crippen molar-refractivity contribution in [1.29, 1.82) is 0 Å². The van der Waals surface area contributed by atoms with Crippen LogP contribution >= 0.6 is 11.6 Å². The van der Waals surface area contributed by atoms with Crippen LogP contribution in [-0.4, -0.2) is 25.0 Å². The van der Waals surface area contributed by atoms with Gasteiger partial charge in [-0.25, -0.2) is 13.4 Å². The number of carbonyl (C=O) groups excluding carboxylic acids is 2. The summed E-state index contributed by atoms with van der Waals surface area (Å²) in [4.78, 5) is 29.9. The summed E-state index contributed by atoms with van der Waals surface area (Å²) in [6.45, 7) is 10.3. The average molecular weight is 476 g/mol. The number of sulfone groups is 1. The molecule has 1 heterocycles. The van der Waals surface area contributed by atoms with Crippen LogP contribution in [0.3, 0.4) is 0 Å². The highest BCUT2D eigenvalue weighted by Gasteiger charge is 2.51. The van der Waals surface area contributed by atoms with Gasteiger partial charge in [-0.2, -0.15) is 13.2 Å². The van der Waals surface area contributed by atoms with Gasteiger partial charge in [0.05, 0.1) is 10.8 Å². The van der Waals surface area contributed by atoms with Crippen molar-refractivity contribution in [1.82, 2.24) is 4.98 Å². The first-order chi connectivity index (χ1) is 13.9. The second kappa shape index (κ2) is 7.70. The van der Waals surface area contributed by atoms with E-state index in [1.165, 1.54) is 34.6 Å². The molecule has 0 radical (unpaired) electrons. The lowest BCUT2D eigenvalue weighted by molar-refractivity contribution is -0.141. The maximum Gasteiger partial charge on any atom is 0.433 e. The molecule has 0 amide bonds. The van der Waals surface area contributed by atoms with E-state index in [1.807, 2.05) is 0 Å². The maximum absolute atomic E-state index is 13.4. The van der Waals surface area contributed by atoms with Crippen molar-refractivity contribution in [2.24, 2.45) is 10.8 Å². The normalized spacial score (nSPS) is 20.2. The SMILES string of the molecule is C=CS(=O)(=O)/C=C1/C(C(=O)c2ccc(C(F)(F)F)nc2C)=C(Cl)C(C)(C)C(=O)C1(C)C. The Bertz CT molecular complexity index is 1160.